The molecule has 2 N–H and O–H groups in total. The van der Waals surface area contributed by atoms with Crippen LogP contribution in [-0.2, 0) is 10.0 Å². The number of halogens is 2. The van der Waals surface area contributed by atoms with Crippen molar-refractivity contribution in [1.82, 2.24) is 19.9 Å². The van der Waals surface area contributed by atoms with Crippen molar-refractivity contribution < 1.29 is 22.3 Å². The number of aromatic nitrogens is 4. The Balaban J connectivity index is 1.91. The fourth-order valence-corrected chi connectivity index (χ4v) is 3.58. The van der Waals surface area contributed by atoms with Crippen molar-refractivity contribution in [1.29, 1.82) is 0 Å². The molecule has 0 radical (unpaired) electrons. The van der Waals surface area contributed by atoms with Crippen LogP contribution in [0.25, 0.3) is 11.0 Å². The van der Waals surface area contributed by atoms with Gasteiger partial charge in [-0.1, -0.05) is 0 Å². The molecular formula is C14H13BrFN5O4S. The molecule has 138 valence electrons. The normalized spacial score (nSPS) is 11.5. The van der Waals surface area contributed by atoms with Crippen LogP contribution < -0.4 is 14.2 Å². The lowest BCUT2D eigenvalue weighted by Gasteiger charge is -2.10. The molecule has 9 nitrogen and oxygen atoms in total. The van der Waals surface area contributed by atoms with Crippen LogP contribution in [0.15, 0.2) is 34.0 Å². The second kappa shape index (κ2) is 7.41. The van der Waals surface area contributed by atoms with Gasteiger partial charge in [0, 0.05) is 11.6 Å². The van der Waals surface area contributed by atoms with E-state index in [1.165, 1.54) is 19.5 Å². The average Bonchev–Trinajstić information content (AvgIpc) is 3.04. The van der Waals surface area contributed by atoms with E-state index in [2.05, 4.69) is 40.6 Å². The predicted octanol–water partition coefficient (Wildman–Crippen LogP) is 2.27. The minimum atomic E-state index is -3.98. The van der Waals surface area contributed by atoms with Gasteiger partial charge in [0.1, 0.15) is 28.4 Å². The third kappa shape index (κ3) is 3.70. The van der Waals surface area contributed by atoms with Gasteiger partial charge < -0.3 is 14.5 Å². The number of hydrogen-bond donors (Lipinski definition) is 2. The molecule has 3 aromatic rings. The van der Waals surface area contributed by atoms with Crippen molar-refractivity contribution in [2.24, 2.45) is 0 Å². The molecular weight excluding hydrogens is 433 g/mol. The molecule has 0 atom stereocenters. The summed E-state index contributed by atoms with van der Waals surface area (Å²) in [5.74, 6) is -0.126. The van der Waals surface area contributed by atoms with E-state index in [0.717, 1.165) is 0 Å². The number of H-pyrrole nitrogens is 1. The van der Waals surface area contributed by atoms with Gasteiger partial charge in [-0.2, -0.15) is 4.98 Å². The SMILES string of the molecule is COc1nc(NS(=O)(=O)c2c[nH]c3nc(Br)ccc23)ncc1OCCF. The Bertz CT molecular complexity index is 1040. The Morgan fingerprint density at radius 1 is 1.35 bits per heavy atom. The predicted molar refractivity (Wildman–Crippen MR) is 94.7 cm³/mol. The van der Waals surface area contributed by atoms with Gasteiger partial charge in [0.05, 0.1) is 13.3 Å². The maximum Gasteiger partial charge on any atom is 0.266 e. The monoisotopic (exact) mass is 445 g/mol. The van der Waals surface area contributed by atoms with Crippen molar-refractivity contribution in [3.05, 3.63) is 29.1 Å². The molecule has 0 saturated carbocycles. The third-order valence-electron chi connectivity index (χ3n) is 3.23. The van der Waals surface area contributed by atoms with Crippen LogP contribution in [0.1, 0.15) is 0 Å². The number of fused-ring (bicyclic) bond motifs is 1. The summed E-state index contributed by atoms with van der Waals surface area (Å²) in [7, 11) is -2.66. The summed E-state index contributed by atoms with van der Waals surface area (Å²) in [5.41, 5.74) is 0.410. The van der Waals surface area contributed by atoms with Crippen molar-refractivity contribution in [2.75, 3.05) is 25.1 Å². The summed E-state index contributed by atoms with van der Waals surface area (Å²) in [6.07, 6.45) is 2.52. The summed E-state index contributed by atoms with van der Waals surface area (Å²) in [6.45, 7) is -0.884. The summed E-state index contributed by atoms with van der Waals surface area (Å²) < 4.78 is 50.4. The zero-order chi connectivity index (χ0) is 18.7. The number of aromatic amines is 1. The van der Waals surface area contributed by atoms with Crippen LogP contribution in [0.5, 0.6) is 11.6 Å². The zero-order valence-electron chi connectivity index (χ0n) is 13.4. The van der Waals surface area contributed by atoms with Crippen LogP contribution in [-0.4, -0.2) is 48.7 Å². The molecule has 3 rings (SSSR count). The van der Waals surface area contributed by atoms with E-state index in [4.69, 9.17) is 9.47 Å². The number of nitrogens with one attached hydrogen (secondary N) is 2. The summed E-state index contributed by atoms with van der Waals surface area (Å²) >= 11 is 3.22. The van der Waals surface area contributed by atoms with E-state index in [1.807, 2.05) is 0 Å². The van der Waals surface area contributed by atoms with Crippen molar-refractivity contribution in [2.45, 2.75) is 4.90 Å². The van der Waals surface area contributed by atoms with E-state index in [-0.39, 0.29) is 29.1 Å². The highest BCUT2D eigenvalue weighted by Gasteiger charge is 2.22. The first-order valence-electron chi connectivity index (χ1n) is 7.21. The first-order valence-corrected chi connectivity index (χ1v) is 9.48. The lowest BCUT2D eigenvalue weighted by Crippen LogP contribution is -2.15. The molecule has 0 aliphatic heterocycles. The van der Waals surface area contributed by atoms with Gasteiger partial charge in [-0.05, 0) is 28.1 Å². The minimum Gasteiger partial charge on any atom is -0.484 e. The Labute approximate surface area is 156 Å². The highest BCUT2D eigenvalue weighted by molar-refractivity contribution is 9.10. The summed E-state index contributed by atoms with van der Waals surface area (Å²) in [6, 6.07) is 3.25. The van der Waals surface area contributed by atoms with E-state index in [0.29, 0.717) is 15.6 Å². The molecule has 26 heavy (non-hydrogen) atoms. The number of pyridine rings is 1. The van der Waals surface area contributed by atoms with E-state index in [9.17, 15) is 12.8 Å². The van der Waals surface area contributed by atoms with Crippen LogP contribution in [0.2, 0.25) is 0 Å². The molecule has 0 spiro atoms. The number of hydrogen-bond acceptors (Lipinski definition) is 7. The first-order chi connectivity index (χ1) is 12.4. The van der Waals surface area contributed by atoms with Crippen LogP contribution in [0, 0.1) is 0 Å². The second-order valence-electron chi connectivity index (χ2n) is 4.89. The highest BCUT2D eigenvalue weighted by Crippen LogP contribution is 2.27. The molecule has 0 amide bonds. The number of alkyl halides is 1. The molecule has 0 aromatic carbocycles. The maximum absolute atomic E-state index is 12.6. The van der Waals surface area contributed by atoms with Crippen LogP contribution in [0.4, 0.5) is 10.3 Å². The lowest BCUT2D eigenvalue weighted by atomic mass is 10.3. The van der Waals surface area contributed by atoms with Crippen molar-refractivity contribution in [3.8, 4) is 11.6 Å². The van der Waals surface area contributed by atoms with Crippen molar-refractivity contribution in [3.63, 3.8) is 0 Å². The van der Waals surface area contributed by atoms with Gasteiger partial charge >= 0.3 is 0 Å². The van der Waals surface area contributed by atoms with Gasteiger partial charge in [0.15, 0.2) is 5.75 Å². The second-order valence-corrected chi connectivity index (χ2v) is 7.36. The van der Waals surface area contributed by atoms with Gasteiger partial charge in [0.2, 0.25) is 5.95 Å². The molecule has 0 saturated heterocycles. The molecule has 0 aliphatic rings. The van der Waals surface area contributed by atoms with Crippen molar-refractivity contribution >= 4 is 42.9 Å². The van der Waals surface area contributed by atoms with E-state index in [1.54, 1.807) is 12.1 Å². The molecule has 0 fully saturated rings. The highest BCUT2D eigenvalue weighted by atomic mass is 79.9. The van der Waals surface area contributed by atoms with Gasteiger partial charge in [-0.3, -0.25) is 0 Å². The van der Waals surface area contributed by atoms with Crippen LogP contribution >= 0.6 is 15.9 Å². The molecule has 12 heteroatoms. The summed E-state index contributed by atoms with van der Waals surface area (Å²) in [5, 5.41) is 0.413. The van der Waals surface area contributed by atoms with Gasteiger partial charge in [-0.15, -0.1) is 0 Å². The fourth-order valence-electron chi connectivity index (χ4n) is 2.15. The minimum absolute atomic E-state index is 0.00665. The average molecular weight is 446 g/mol. The Morgan fingerprint density at radius 2 is 2.15 bits per heavy atom. The largest absolute Gasteiger partial charge is 0.484 e. The van der Waals surface area contributed by atoms with E-state index >= 15 is 0 Å². The number of anilines is 1. The quantitative estimate of drug-likeness (QED) is 0.535. The molecule has 0 aliphatic carbocycles. The third-order valence-corrected chi connectivity index (χ3v) is 5.04. The Kier molecular flexibility index (Phi) is 5.23. The molecule has 0 bridgehead atoms. The smallest absolute Gasteiger partial charge is 0.266 e. The van der Waals surface area contributed by atoms with Gasteiger partial charge in [-0.25, -0.2) is 27.5 Å². The number of ether oxygens (including phenoxy) is 2. The summed E-state index contributed by atoms with van der Waals surface area (Å²) in [4.78, 5) is 14.7. The Hall–Kier alpha value is -2.47. The Morgan fingerprint density at radius 3 is 2.88 bits per heavy atom. The van der Waals surface area contributed by atoms with Gasteiger partial charge in [0.25, 0.3) is 15.9 Å². The molecule has 0 unspecified atom stereocenters. The molecule has 3 heterocycles. The fraction of sp³-hybridized carbons (Fsp3) is 0.214. The standard InChI is InChI=1S/C14H13BrFN5O4S/c1-24-13-9(25-5-4-16)6-18-14(20-13)21-26(22,23)10-7-17-12-8(10)2-3-11(15)19-12/h2-3,6-7H,4-5H2,1H3,(H,17,19)(H,18,20,21). The number of nitrogens with zero attached hydrogens (tertiary/aromatic N) is 3. The lowest BCUT2D eigenvalue weighted by molar-refractivity contribution is 0.256. The number of methoxy groups -OCH3 is 1. The number of sulfonamides is 1. The molecule has 3 aromatic heterocycles. The maximum atomic E-state index is 12.6. The van der Waals surface area contributed by atoms with E-state index < -0.39 is 16.7 Å². The number of rotatable bonds is 7. The first kappa shape index (κ1) is 18.3. The zero-order valence-corrected chi connectivity index (χ0v) is 15.8. The topological polar surface area (TPSA) is 119 Å². The van der Waals surface area contributed by atoms with Crippen LogP contribution in [0.3, 0.4) is 0 Å².